The van der Waals surface area contributed by atoms with Crippen LogP contribution >= 0.6 is 0 Å². The lowest BCUT2D eigenvalue weighted by molar-refractivity contribution is 0.0902. The molecule has 1 amide bonds. The first-order valence-corrected chi connectivity index (χ1v) is 9.53. The summed E-state index contributed by atoms with van der Waals surface area (Å²) in [6.45, 7) is 2.76. The van der Waals surface area contributed by atoms with Crippen molar-refractivity contribution in [3.8, 4) is 0 Å². The van der Waals surface area contributed by atoms with Crippen molar-refractivity contribution < 1.29 is 4.79 Å². The Morgan fingerprint density at radius 1 is 1.04 bits per heavy atom. The van der Waals surface area contributed by atoms with Gasteiger partial charge in [0.25, 0.3) is 5.91 Å². The van der Waals surface area contributed by atoms with Gasteiger partial charge in [-0.3, -0.25) is 19.7 Å². The zero-order chi connectivity index (χ0) is 18.3. The minimum atomic E-state index is -0.118. The summed E-state index contributed by atoms with van der Waals surface area (Å²) in [5, 5.41) is 3.35. The molecular formula is C22H22N4O. The quantitative estimate of drug-likeness (QED) is 0.765. The molecule has 1 saturated heterocycles. The number of nitrogens with one attached hydrogen (secondary N) is 1. The number of benzene rings is 2. The van der Waals surface area contributed by atoms with Crippen LogP contribution < -0.4 is 5.32 Å². The zero-order valence-electron chi connectivity index (χ0n) is 15.2. The van der Waals surface area contributed by atoms with E-state index >= 15 is 0 Å². The van der Waals surface area contributed by atoms with Gasteiger partial charge in [0.2, 0.25) is 0 Å². The molecule has 5 nitrogen and oxygen atoms in total. The van der Waals surface area contributed by atoms with Crippen molar-refractivity contribution in [2.45, 2.75) is 31.3 Å². The fourth-order valence-electron chi connectivity index (χ4n) is 4.47. The van der Waals surface area contributed by atoms with E-state index in [9.17, 15) is 4.79 Å². The predicted molar refractivity (Wildman–Crippen MR) is 104 cm³/mol. The van der Waals surface area contributed by atoms with Gasteiger partial charge in [-0.15, -0.1) is 0 Å². The van der Waals surface area contributed by atoms with Crippen LogP contribution in [0.4, 0.5) is 0 Å². The minimum Gasteiger partial charge on any atom is -0.345 e. The molecule has 5 rings (SSSR count). The van der Waals surface area contributed by atoms with Crippen LogP contribution in [-0.4, -0.2) is 39.4 Å². The molecule has 1 fully saturated rings. The Hall–Kier alpha value is -2.79. The Bertz CT molecular complexity index is 1020. The standard InChI is InChI=1S/C22H22N4O/c27-21-18-4-2-1-3-17(18)7-8-22(25-21)9-12-26(15-22)14-16-5-6-19-20(13-16)24-11-10-23-19/h1-6,10-11,13H,7-9,12,14-15H2,(H,25,27). The molecular weight excluding hydrogens is 336 g/mol. The topological polar surface area (TPSA) is 58.1 Å². The fraction of sp³-hybridized carbons (Fsp3) is 0.318. The Morgan fingerprint density at radius 3 is 2.81 bits per heavy atom. The summed E-state index contributed by atoms with van der Waals surface area (Å²) in [5.41, 5.74) is 4.98. The molecule has 5 heteroatoms. The molecule has 0 aliphatic carbocycles. The van der Waals surface area contributed by atoms with E-state index in [-0.39, 0.29) is 11.4 Å². The van der Waals surface area contributed by atoms with Gasteiger partial charge in [0.1, 0.15) is 0 Å². The van der Waals surface area contributed by atoms with Gasteiger partial charge in [-0.05, 0) is 48.6 Å². The van der Waals surface area contributed by atoms with Crippen LogP contribution in [-0.2, 0) is 13.0 Å². The smallest absolute Gasteiger partial charge is 0.252 e. The van der Waals surface area contributed by atoms with Crippen LogP contribution in [0, 0.1) is 0 Å². The number of rotatable bonds is 2. The number of carbonyl (C=O) groups excluding carboxylic acids is 1. The van der Waals surface area contributed by atoms with Crippen molar-refractivity contribution in [2.75, 3.05) is 13.1 Å². The van der Waals surface area contributed by atoms with Crippen molar-refractivity contribution >= 4 is 16.9 Å². The van der Waals surface area contributed by atoms with E-state index in [0.29, 0.717) is 0 Å². The molecule has 2 aliphatic rings. The molecule has 2 aliphatic heterocycles. The lowest BCUT2D eigenvalue weighted by Crippen LogP contribution is -2.49. The van der Waals surface area contributed by atoms with Gasteiger partial charge >= 0.3 is 0 Å². The molecule has 3 heterocycles. The second-order valence-corrected chi connectivity index (χ2v) is 7.73. The SMILES string of the molecule is O=C1NC2(CCc3ccccc31)CCN(Cc1ccc3nccnc3c1)C2. The first-order chi connectivity index (χ1) is 13.2. The highest BCUT2D eigenvalue weighted by atomic mass is 16.1. The Kier molecular flexibility index (Phi) is 3.90. The third-order valence-electron chi connectivity index (χ3n) is 5.89. The van der Waals surface area contributed by atoms with Crippen molar-refractivity contribution in [3.05, 3.63) is 71.5 Å². The molecule has 1 spiro atoms. The molecule has 0 saturated carbocycles. The number of fused-ring (bicyclic) bond motifs is 2. The van der Waals surface area contributed by atoms with Crippen molar-refractivity contribution in [1.82, 2.24) is 20.2 Å². The fourth-order valence-corrected chi connectivity index (χ4v) is 4.47. The summed E-state index contributed by atoms with van der Waals surface area (Å²) in [4.78, 5) is 23.9. The third kappa shape index (κ3) is 3.08. The van der Waals surface area contributed by atoms with Crippen LogP contribution in [0.2, 0.25) is 0 Å². The maximum absolute atomic E-state index is 12.7. The number of aryl methyl sites for hydroxylation is 1. The molecule has 1 atom stereocenters. The summed E-state index contributed by atoms with van der Waals surface area (Å²) in [7, 11) is 0. The van der Waals surface area contributed by atoms with E-state index in [4.69, 9.17) is 0 Å². The normalized spacial score (nSPS) is 22.6. The number of aromatic nitrogens is 2. The second-order valence-electron chi connectivity index (χ2n) is 7.73. The molecule has 3 aromatic rings. The van der Waals surface area contributed by atoms with E-state index in [0.717, 1.165) is 55.5 Å². The van der Waals surface area contributed by atoms with E-state index in [1.807, 2.05) is 24.3 Å². The van der Waals surface area contributed by atoms with Gasteiger partial charge in [0.15, 0.2) is 0 Å². The lowest BCUT2D eigenvalue weighted by Gasteiger charge is -2.29. The Morgan fingerprint density at radius 2 is 1.89 bits per heavy atom. The summed E-state index contributed by atoms with van der Waals surface area (Å²) in [5.74, 6) is 0.0749. The molecule has 0 radical (unpaired) electrons. The summed E-state index contributed by atoms with van der Waals surface area (Å²) < 4.78 is 0. The van der Waals surface area contributed by atoms with Gasteiger partial charge in [-0.25, -0.2) is 0 Å². The van der Waals surface area contributed by atoms with Crippen molar-refractivity contribution in [1.29, 1.82) is 0 Å². The summed E-state index contributed by atoms with van der Waals surface area (Å²) >= 11 is 0. The molecule has 1 N–H and O–H groups in total. The number of nitrogens with zero attached hydrogens (tertiary/aromatic N) is 3. The number of hydrogen-bond acceptors (Lipinski definition) is 4. The van der Waals surface area contributed by atoms with Crippen LogP contribution in [0.25, 0.3) is 11.0 Å². The van der Waals surface area contributed by atoms with E-state index in [1.165, 1.54) is 11.1 Å². The van der Waals surface area contributed by atoms with Crippen molar-refractivity contribution in [2.24, 2.45) is 0 Å². The number of carbonyl (C=O) groups is 1. The first-order valence-electron chi connectivity index (χ1n) is 9.53. The van der Waals surface area contributed by atoms with E-state index < -0.39 is 0 Å². The zero-order valence-corrected chi connectivity index (χ0v) is 15.2. The molecule has 1 unspecified atom stereocenters. The molecule has 1 aromatic heterocycles. The molecule has 2 aromatic carbocycles. The number of hydrogen-bond donors (Lipinski definition) is 1. The molecule has 136 valence electrons. The van der Waals surface area contributed by atoms with Crippen LogP contribution in [0.15, 0.2) is 54.9 Å². The second kappa shape index (κ2) is 6.43. The van der Waals surface area contributed by atoms with Gasteiger partial charge < -0.3 is 5.32 Å². The van der Waals surface area contributed by atoms with Crippen LogP contribution in [0.1, 0.15) is 34.3 Å². The Balaban J connectivity index is 1.33. The largest absolute Gasteiger partial charge is 0.345 e. The van der Waals surface area contributed by atoms with Gasteiger partial charge in [0, 0.05) is 37.6 Å². The van der Waals surface area contributed by atoms with E-state index in [2.05, 4.69) is 38.4 Å². The Labute approximate surface area is 158 Å². The van der Waals surface area contributed by atoms with Gasteiger partial charge in [0.05, 0.1) is 16.6 Å². The number of amides is 1. The average Bonchev–Trinajstić information content (AvgIpc) is 3.02. The van der Waals surface area contributed by atoms with Crippen LogP contribution in [0.3, 0.4) is 0 Å². The van der Waals surface area contributed by atoms with Gasteiger partial charge in [-0.2, -0.15) is 0 Å². The highest BCUT2D eigenvalue weighted by molar-refractivity contribution is 5.96. The number of likely N-dealkylation sites (tertiary alicyclic amines) is 1. The minimum absolute atomic E-state index is 0.0749. The highest BCUT2D eigenvalue weighted by Gasteiger charge is 2.41. The highest BCUT2D eigenvalue weighted by Crippen LogP contribution is 2.31. The predicted octanol–water partition coefficient (Wildman–Crippen LogP) is 2.95. The summed E-state index contributed by atoms with van der Waals surface area (Å²) in [6, 6.07) is 14.3. The maximum Gasteiger partial charge on any atom is 0.252 e. The maximum atomic E-state index is 12.7. The first kappa shape index (κ1) is 16.4. The third-order valence-corrected chi connectivity index (χ3v) is 5.89. The molecule has 0 bridgehead atoms. The van der Waals surface area contributed by atoms with Gasteiger partial charge in [-0.1, -0.05) is 24.3 Å². The average molecular weight is 358 g/mol. The van der Waals surface area contributed by atoms with Crippen molar-refractivity contribution in [3.63, 3.8) is 0 Å². The van der Waals surface area contributed by atoms with Crippen LogP contribution in [0.5, 0.6) is 0 Å². The summed E-state index contributed by atoms with van der Waals surface area (Å²) in [6.07, 6.45) is 6.40. The van der Waals surface area contributed by atoms with E-state index in [1.54, 1.807) is 12.4 Å². The lowest BCUT2D eigenvalue weighted by atomic mass is 9.91. The monoisotopic (exact) mass is 358 g/mol. The molecule has 27 heavy (non-hydrogen) atoms.